The van der Waals surface area contributed by atoms with E-state index in [1.807, 2.05) is 0 Å². The summed E-state index contributed by atoms with van der Waals surface area (Å²) < 4.78 is 11.7. The lowest BCUT2D eigenvalue weighted by Gasteiger charge is -2.38. The molecule has 0 radical (unpaired) electrons. The van der Waals surface area contributed by atoms with Gasteiger partial charge in [0.2, 0.25) is 0 Å². The first-order chi connectivity index (χ1) is 10.8. The van der Waals surface area contributed by atoms with Crippen LogP contribution in [0.1, 0.15) is 59.3 Å². The summed E-state index contributed by atoms with van der Waals surface area (Å²) in [7, 11) is 0. The number of hydrogen-bond acceptors (Lipinski definition) is 3. The van der Waals surface area contributed by atoms with E-state index in [4.69, 9.17) is 14.6 Å². The molecule has 0 aromatic carbocycles. The average molecular weight is 324 g/mol. The zero-order valence-corrected chi connectivity index (χ0v) is 14.9. The SMILES string of the molecule is C=C(CCCOCCCOC1CC2CCC1(C)C2(C)C)C(=O)O. The van der Waals surface area contributed by atoms with Crippen LogP contribution < -0.4 is 0 Å². The molecule has 3 atom stereocenters. The van der Waals surface area contributed by atoms with Crippen LogP contribution in [0.3, 0.4) is 0 Å². The fourth-order valence-corrected chi connectivity index (χ4v) is 4.37. The van der Waals surface area contributed by atoms with Crippen molar-refractivity contribution in [2.75, 3.05) is 19.8 Å². The summed E-state index contributed by atoms with van der Waals surface area (Å²) in [4.78, 5) is 10.6. The Morgan fingerprint density at radius 1 is 1.22 bits per heavy atom. The fourth-order valence-electron chi connectivity index (χ4n) is 4.37. The number of carboxylic acid groups (broad SMARTS) is 1. The van der Waals surface area contributed by atoms with Crippen molar-refractivity contribution in [3.63, 3.8) is 0 Å². The van der Waals surface area contributed by atoms with E-state index in [0.717, 1.165) is 18.9 Å². The van der Waals surface area contributed by atoms with Crippen LogP contribution in [-0.4, -0.2) is 37.0 Å². The Morgan fingerprint density at radius 3 is 2.48 bits per heavy atom. The highest BCUT2D eigenvalue weighted by atomic mass is 16.5. The van der Waals surface area contributed by atoms with Gasteiger partial charge in [-0.05, 0) is 55.3 Å². The highest BCUT2D eigenvalue weighted by Crippen LogP contribution is 2.66. The maximum absolute atomic E-state index is 10.6. The molecule has 0 heterocycles. The summed E-state index contributed by atoms with van der Waals surface area (Å²) >= 11 is 0. The van der Waals surface area contributed by atoms with Gasteiger partial charge < -0.3 is 14.6 Å². The predicted molar refractivity (Wildman–Crippen MR) is 90.4 cm³/mol. The number of aliphatic carboxylic acids is 1. The molecule has 0 aromatic rings. The normalized spacial score (nSPS) is 31.4. The second kappa shape index (κ2) is 7.35. The maximum Gasteiger partial charge on any atom is 0.330 e. The van der Waals surface area contributed by atoms with Gasteiger partial charge in [0.25, 0.3) is 0 Å². The molecule has 0 spiro atoms. The van der Waals surface area contributed by atoms with Gasteiger partial charge in [-0.15, -0.1) is 0 Å². The van der Waals surface area contributed by atoms with E-state index in [1.165, 1.54) is 19.3 Å². The monoisotopic (exact) mass is 324 g/mol. The molecule has 0 amide bonds. The quantitative estimate of drug-likeness (QED) is 0.486. The second-order valence-corrected chi connectivity index (χ2v) is 7.95. The van der Waals surface area contributed by atoms with E-state index >= 15 is 0 Å². The fraction of sp³-hybridized carbons (Fsp3) is 0.842. The Kier molecular flexibility index (Phi) is 5.90. The summed E-state index contributed by atoms with van der Waals surface area (Å²) in [6.07, 6.45) is 6.35. The predicted octanol–water partition coefficient (Wildman–Crippen LogP) is 4.05. The second-order valence-electron chi connectivity index (χ2n) is 7.95. The molecule has 4 heteroatoms. The average Bonchev–Trinajstić information content (AvgIpc) is 2.82. The van der Waals surface area contributed by atoms with Crippen LogP contribution in [0, 0.1) is 16.7 Å². The largest absolute Gasteiger partial charge is 0.478 e. The first kappa shape index (κ1) is 18.5. The van der Waals surface area contributed by atoms with Gasteiger partial charge in [-0.3, -0.25) is 0 Å². The van der Waals surface area contributed by atoms with E-state index in [2.05, 4.69) is 27.4 Å². The van der Waals surface area contributed by atoms with Crippen molar-refractivity contribution in [1.29, 1.82) is 0 Å². The van der Waals surface area contributed by atoms with E-state index in [0.29, 0.717) is 43.0 Å². The Morgan fingerprint density at radius 2 is 1.91 bits per heavy atom. The molecule has 23 heavy (non-hydrogen) atoms. The summed E-state index contributed by atoms with van der Waals surface area (Å²) in [5, 5.41) is 8.70. The molecule has 132 valence electrons. The van der Waals surface area contributed by atoms with Crippen molar-refractivity contribution in [2.45, 2.75) is 65.4 Å². The molecule has 0 aromatic heterocycles. The topological polar surface area (TPSA) is 55.8 Å². The van der Waals surface area contributed by atoms with Gasteiger partial charge in [0, 0.05) is 25.4 Å². The van der Waals surface area contributed by atoms with Crippen LogP contribution in [0.25, 0.3) is 0 Å². The lowest BCUT2D eigenvalue weighted by atomic mass is 9.70. The minimum Gasteiger partial charge on any atom is -0.478 e. The molecule has 4 nitrogen and oxygen atoms in total. The van der Waals surface area contributed by atoms with Gasteiger partial charge in [-0.2, -0.15) is 0 Å². The number of ether oxygens (including phenoxy) is 2. The van der Waals surface area contributed by atoms with Crippen LogP contribution >= 0.6 is 0 Å². The number of rotatable bonds is 10. The summed E-state index contributed by atoms with van der Waals surface area (Å²) in [6.45, 7) is 12.7. The van der Waals surface area contributed by atoms with Gasteiger partial charge in [-0.25, -0.2) is 4.79 Å². The van der Waals surface area contributed by atoms with Crippen LogP contribution in [0.15, 0.2) is 12.2 Å². The molecule has 1 N–H and O–H groups in total. The van der Waals surface area contributed by atoms with Crippen molar-refractivity contribution in [3.05, 3.63) is 12.2 Å². The number of fused-ring (bicyclic) bond motifs is 2. The first-order valence-corrected chi connectivity index (χ1v) is 8.89. The van der Waals surface area contributed by atoms with Crippen LogP contribution in [0.5, 0.6) is 0 Å². The number of hydrogen-bond donors (Lipinski definition) is 1. The number of carboxylic acids is 1. The first-order valence-electron chi connectivity index (χ1n) is 8.89. The van der Waals surface area contributed by atoms with E-state index in [-0.39, 0.29) is 5.57 Å². The van der Waals surface area contributed by atoms with Crippen molar-refractivity contribution in [3.8, 4) is 0 Å². The minimum absolute atomic E-state index is 0.254. The van der Waals surface area contributed by atoms with Crippen LogP contribution in [0.4, 0.5) is 0 Å². The summed E-state index contributed by atoms with van der Waals surface area (Å²) in [5.41, 5.74) is 0.986. The third-order valence-electron chi connectivity index (χ3n) is 6.54. The highest BCUT2D eigenvalue weighted by Gasteiger charge is 2.61. The zero-order valence-electron chi connectivity index (χ0n) is 14.9. The third-order valence-corrected chi connectivity index (χ3v) is 6.54. The molecule has 2 aliphatic rings. The van der Waals surface area contributed by atoms with Crippen molar-refractivity contribution in [1.82, 2.24) is 0 Å². The van der Waals surface area contributed by atoms with Gasteiger partial charge in [0.05, 0.1) is 6.10 Å². The maximum atomic E-state index is 10.6. The molecule has 0 saturated heterocycles. The lowest BCUT2D eigenvalue weighted by molar-refractivity contribution is -0.132. The van der Waals surface area contributed by atoms with Crippen LogP contribution in [0.2, 0.25) is 0 Å². The van der Waals surface area contributed by atoms with E-state index < -0.39 is 5.97 Å². The molecule has 2 fully saturated rings. The molecule has 2 bridgehead atoms. The zero-order chi connectivity index (χ0) is 17.1. The van der Waals surface area contributed by atoms with Crippen molar-refractivity contribution < 1.29 is 19.4 Å². The third kappa shape index (κ3) is 3.80. The van der Waals surface area contributed by atoms with Gasteiger partial charge in [0.15, 0.2) is 0 Å². The smallest absolute Gasteiger partial charge is 0.330 e. The van der Waals surface area contributed by atoms with Gasteiger partial charge in [-0.1, -0.05) is 27.4 Å². The standard InChI is InChI=1S/C19H32O4/c1-14(17(20)21)7-5-10-22-11-6-12-23-16-13-15-8-9-19(16,4)18(15,2)3/h15-16H,1,5-13H2,2-4H3,(H,20,21). The highest BCUT2D eigenvalue weighted by molar-refractivity contribution is 5.85. The van der Waals surface area contributed by atoms with Crippen molar-refractivity contribution >= 4 is 5.97 Å². The summed E-state index contributed by atoms with van der Waals surface area (Å²) in [5.74, 6) is -0.100. The molecular formula is C19H32O4. The molecule has 0 aliphatic heterocycles. The van der Waals surface area contributed by atoms with Crippen LogP contribution in [-0.2, 0) is 14.3 Å². The minimum atomic E-state index is -0.916. The molecule has 2 aliphatic carbocycles. The molecular weight excluding hydrogens is 292 g/mol. The lowest BCUT2D eigenvalue weighted by Crippen LogP contribution is -2.37. The van der Waals surface area contributed by atoms with Gasteiger partial charge >= 0.3 is 5.97 Å². The van der Waals surface area contributed by atoms with Gasteiger partial charge in [0.1, 0.15) is 0 Å². The number of carbonyl (C=O) groups is 1. The Labute approximate surface area is 140 Å². The van der Waals surface area contributed by atoms with E-state index in [1.54, 1.807) is 0 Å². The Bertz CT molecular complexity index is 443. The summed E-state index contributed by atoms with van der Waals surface area (Å²) in [6, 6.07) is 0. The van der Waals surface area contributed by atoms with E-state index in [9.17, 15) is 4.79 Å². The molecule has 2 rings (SSSR count). The van der Waals surface area contributed by atoms with Crippen molar-refractivity contribution in [2.24, 2.45) is 16.7 Å². The Hall–Kier alpha value is -0.870. The molecule has 2 saturated carbocycles. The molecule has 3 unspecified atom stereocenters. The Balaban J connectivity index is 1.54.